The number of rotatable bonds is 6. The number of pyridine rings is 1. The Hall–Kier alpha value is -3.69. The number of fused-ring (bicyclic) bond motifs is 1. The van der Waals surface area contributed by atoms with E-state index in [0.717, 1.165) is 11.6 Å². The molecule has 148 valence electrons. The van der Waals surface area contributed by atoms with Crippen molar-refractivity contribution in [2.75, 3.05) is 18.5 Å². The predicted octanol–water partition coefficient (Wildman–Crippen LogP) is 3.70. The molecule has 0 bridgehead atoms. The van der Waals surface area contributed by atoms with E-state index in [1.165, 1.54) is 23.1 Å². The van der Waals surface area contributed by atoms with Crippen LogP contribution >= 0.6 is 0 Å². The van der Waals surface area contributed by atoms with E-state index >= 15 is 0 Å². The van der Waals surface area contributed by atoms with E-state index in [4.69, 9.17) is 4.74 Å². The van der Waals surface area contributed by atoms with Crippen LogP contribution in [-0.2, 0) is 6.18 Å². The summed E-state index contributed by atoms with van der Waals surface area (Å²) in [7, 11) is 0. The highest BCUT2D eigenvalue weighted by atomic mass is 19.4. The summed E-state index contributed by atoms with van der Waals surface area (Å²) in [6.45, 7) is 0.195. The van der Waals surface area contributed by atoms with E-state index < -0.39 is 17.6 Å². The lowest BCUT2D eigenvalue weighted by Crippen LogP contribution is -2.17. The number of anilines is 1. The van der Waals surface area contributed by atoms with Crippen LogP contribution in [0.15, 0.2) is 61.1 Å². The lowest BCUT2D eigenvalue weighted by Gasteiger charge is -2.13. The Labute approximate surface area is 163 Å². The van der Waals surface area contributed by atoms with Crippen molar-refractivity contribution in [2.24, 2.45) is 0 Å². The van der Waals surface area contributed by atoms with Crippen molar-refractivity contribution < 1.29 is 17.9 Å². The number of hydrogen-bond acceptors (Lipinski definition) is 6. The summed E-state index contributed by atoms with van der Waals surface area (Å²) >= 11 is 0. The predicted molar refractivity (Wildman–Crippen MR) is 99.4 cm³/mol. The second kappa shape index (κ2) is 7.74. The maximum atomic E-state index is 13.0. The van der Waals surface area contributed by atoms with Crippen LogP contribution in [0.3, 0.4) is 0 Å². The molecule has 1 N–H and O–H groups in total. The summed E-state index contributed by atoms with van der Waals surface area (Å²) in [6, 6.07) is 13.5. The molecule has 0 unspecified atom stereocenters. The zero-order chi connectivity index (χ0) is 20.3. The monoisotopic (exact) mass is 400 g/mol. The molecule has 0 aliphatic heterocycles. The number of benzene rings is 1. The maximum absolute atomic E-state index is 13.0. The summed E-state index contributed by atoms with van der Waals surface area (Å²) in [5, 5.41) is 7.21. The van der Waals surface area contributed by atoms with Crippen molar-refractivity contribution in [1.29, 1.82) is 0 Å². The third-order valence-corrected chi connectivity index (χ3v) is 4.04. The molecule has 3 aromatic heterocycles. The number of nitrogens with one attached hydrogen (secondary N) is 1. The van der Waals surface area contributed by atoms with Crippen LogP contribution in [0.1, 0.15) is 5.56 Å². The molecule has 7 nitrogen and oxygen atoms in total. The molecular formula is C19H15F3N6O. The van der Waals surface area contributed by atoms with E-state index in [0.29, 0.717) is 17.3 Å². The first-order chi connectivity index (χ1) is 14.0. The van der Waals surface area contributed by atoms with Crippen LogP contribution in [-0.4, -0.2) is 37.7 Å². The minimum Gasteiger partial charge on any atom is -0.475 e. The lowest BCUT2D eigenvalue weighted by molar-refractivity contribution is -0.139. The van der Waals surface area contributed by atoms with E-state index in [1.54, 1.807) is 6.07 Å². The third kappa shape index (κ3) is 4.10. The van der Waals surface area contributed by atoms with Crippen LogP contribution in [0.25, 0.3) is 17.0 Å². The number of halogens is 3. The smallest absolute Gasteiger partial charge is 0.421 e. The molecule has 3 heterocycles. The Morgan fingerprint density at radius 1 is 1.03 bits per heavy atom. The highest BCUT2D eigenvalue weighted by Crippen LogP contribution is 2.34. The van der Waals surface area contributed by atoms with Gasteiger partial charge in [0.15, 0.2) is 0 Å². The molecule has 0 radical (unpaired) electrons. The second-order valence-corrected chi connectivity index (χ2v) is 5.99. The van der Waals surface area contributed by atoms with Gasteiger partial charge in [0.05, 0.1) is 12.2 Å². The molecule has 0 saturated carbocycles. The van der Waals surface area contributed by atoms with Gasteiger partial charge in [0.2, 0.25) is 5.88 Å². The fraction of sp³-hybridized carbons (Fsp3) is 0.158. The quantitative estimate of drug-likeness (QED) is 0.498. The number of hydrogen-bond donors (Lipinski definition) is 1. The molecular weight excluding hydrogens is 385 g/mol. The summed E-state index contributed by atoms with van der Waals surface area (Å²) in [6.07, 6.45) is -1.90. The first-order valence-corrected chi connectivity index (χ1v) is 8.67. The number of nitrogens with zero attached hydrogens (tertiary/aromatic N) is 5. The van der Waals surface area contributed by atoms with E-state index in [1.807, 2.05) is 30.3 Å². The van der Waals surface area contributed by atoms with Gasteiger partial charge in [-0.3, -0.25) is 0 Å². The highest BCUT2D eigenvalue weighted by molar-refractivity contribution is 5.65. The van der Waals surface area contributed by atoms with Crippen molar-refractivity contribution >= 4 is 11.6 Å². The molecule has 0 saturated heterocycles. The van der Waals surface area contributed by atoms with Crippen LogP contribution in [0.2, 0.25) is 0 Å². The summed E-state index contributed by atoms with van der Waals surface area (Å²) in [4.78, 5) is 12.3. The molecule has 10 heteroatoms. The fourth-order valence-electron chi connectivity index (χ4n) is 2.74. The third-order valence-electron chi connectivity index (χ3n) is 4.04. The second-order valence-electron chi connectivity index (χ2n) is 5.99. The van der Waals surface area contributed by atoms with Gasteiger partial charge in [0, 0.05) is 17.8 Å². The summed E-state index contributed by atoms with van der Waals surface area (Å²) < 4.78 is 45.8. The van der Waals surface area contributed by atoms with Crippen molar-refractivity contribution in [3.8, 4) is 17.1 Å². The van der Waals surface area contributed by atoms with Crippen LogP contribution < -0.4 is 10.1 Å². The van der Waals surface area contributed by atoms with Gasteiger partial charge < -0.3 is 10.1 Å². The molecule has 0 atom stereocenters. The number of aromatic nitrogens is 5. The standard InChI is InChI=1S/C19H15F3N6O/c20-19(21,22)14-7-4-8-24-17(14)29-10-9-23-16-11-15(13-5-2-1-3-6-13)27-18-25-12-26-28(16)18/h1-8,11-12,23H,9-10H2. The molecule has 1 aromatic carbocycles. The molecule has 0 fully saturated rings. The maximum Gasteiger partial charge on any atom is 0.421 e. The minimum atomic E-state index is -4.53. The van der Waals surface area contributed by atoms with Crippen LogP contribution in [0.4, 0.5) is 19.0 Å². The van der Waals surface area contributed by atoms with Gasteiger partial charge in [-0.25, -0.2) is 9.97 Å². The van der Waals surface area contributed by atoms with Gasteiger partial charge in [-0.1, -0.05) is 30.3 Å². The Balaban J connectivity index is 1.49. The number of alkyl halides is 3. The van der Waals surface area contributed by atoms with Crippen LogP contribution in [0, 0.1) is 0 Å². The van der Waals surface area contributed by atoms with Crippen molar-refractivity contribution in [3.63, 3.8) is 0 Å². The van der Waals surface area contributed by atoms with Crippen molar-refractivity contribution in [3.05, 3.63) is 66.6 Å². The molecule has 4 rings (SSSR count). The summed E-state index contributed by atoms with van der Waals surface area (Å²) in [5.74, 6) is 0.540. The molecule has 0 amide bonds. The fourth-order valence-corrected chi connectivity index (χ4v) is 2.74. The zero-order valence-corrected chi connectivity index (χ0v) is 15.0. The van der Waals surface area contributed by atoms with Gasteiger partial charge >= 0.3 is 6.18 Å². The van der Waals surface area contributed by atoms with Gasteiger partial charge in [-0.15, -0.1) is 0 Å². The van der Waals surface area contributed by atoms with Gasteiger partial charge in [-0.05, 0) is 12.1 Å². The average molecular weight is 400 g/mol. The Morgan fingerprint density at radius 2 is 1.86 bits per heavy atom. The Kier molecular flexibility index (Phi) is 4.98. The van der Waals surface area contributed by atoms with E-state index in [-0.39, 0.29) is 13.2 Å². The van der Waals surface area contributed by atoms with Crippen molar-refractivity contribution in [2.45, 2.75) is 6.18 Å². The molecule has 0 spiro atoms. The summed E-state index contributed by atoms with van der Waals surface area (Å²) in [5.41, 5.74) is 0.688. The van der Waals surface area contributed by atoms with Crippen LogP contribution in [0.5, 0.6) is 5.88 Å². The normalized spacial score (nSPS) is 11.6. The SMILES string of the molecule is FC(F)(F)c1cccnc1OCCNc1cc(-c2ccccc2)nc2ncnn12. The van der Waals surface area contributed by atoms with Gasteiger partial charge in [0.25, 0.3) is 5.78 Å². The number of ether oxygens (including phenoxy) is 1. The van der Waals surface area contributed by atoms with E-state index in [2.05, 4.69) is 25.4 Å². The molecule has 0 aliphatic carbocycles. The van der Waals surface area contributed by atoms with Gasteiger partial charge in [0.1, 0.15) is 24.3 Å². The van der Waals surface area contributed by atoms with Crippen molar-refractivity contribution in [1.82, 2.24) is 24.6 Å². The van der Waals surface area contributed by atoms with Gasteiger partial charge in [-0.2, -0.15) is 27.8 Å². The zero-order valence-electron chi connectivity index (χ0n) is 15.0. The molecule has 0 aliphatic rings. The molecule has 29 heavy (non-hydrogen) atoms. The topological polar surface area (TPSA) is 77.2 Å². The lowest BCUT2D eigenvalue weighted by atomic mass is 10.1. The Morgan fingerprint density at radius 3 is 2.66 bits per heavy atom. The van der Waals surface area contributed by atoms with E-state index in [9.17, 15) is 13.2 Å². The molecule has 4 aromatic rings. The largest absolute Gasteiger partial charge is 0.475 e. The highest BCUT2D eigenvalue weighted by Gasteiger charge is 2.34. The average Bonchev–Trinajstić information content (AvgIpc) is 3.20. The Bertz CT molecular complexity index is 1110. The first kappa shape index (κ1) is 18.7. The minimum absolute atomic E-state index is 0.0285. The first-order valence-electron chi connectivity index (χ1n) is 8.67.